The van der Waals surface area contributed by atoms with Crippen molar-refractivity contribution >= 4 is 27.4 Å². The molecule has 0 aliphatic heterocycles. The van der Waals surface area contributed by atoms with Crippen LogP contribution in [0.2, 0.25) is 0 Å². The van der Waals surface area contributed by atoms with Crippen LogP contribution in [0.4, 0.5) is 0 Å². The molecule has 2 rings (SSSR count). The van der Waals surface area contributed by atoms with Gasteiger partial charge in [0.1, 0.15) is 5.75 Å². The second-order valence-electron chi connectivity index (χ2n) is 3.87. The van der Waals surface area contributed by atoms with Gasteiger partial charge in [0.15, 0.2) is 0 Å². The molecule has 0 saturated heterocycles. The Morgan fingerprint density at radius 1 is 1.47 bits per heavy atom. The van der Waals surface area contributed by atoms with Gasteiger partial charge < -0.3 is 10.1 Å². The summed E-state index contributed by atoms with van der Waals surface area (Å²) in [7, 11) is 1.94. The number of fused-ring (bicyclic) bond motifs is 1. The van der Waals surface area contributed by atoms with E-state index in [1.807, 2.05) is 25.2 Å². The van der Waals surface area contributed by atoms with Gasteiger partial charge in [-0.2, -0.15) is 0 Å². The van der Waals surface area contributed by atoms with E-state index < -0.39 is 0 Å². The van der Waals surface area contributed by atoms with Crippen molar-refractivity contribution in [2.45, 2.75) is 13.3 Å². The Kier molecular flexibility index (Phi) is 3.76. The zero-order valence-electron chi connectivity index (χ0n) is 9.95. The third kappa shape index (κ3) is 2.84. The van der Waals surface area contributed by atoms with E-state index in [4.69, 9.17) is 4.74 Å². The van der Waals surface area contributed by atoms with Crippen molar-refractivity contribution in [1.82, 2.24) is 5.32 Å². The Hall–Kier alpha value is -1.39. The molecule has 0 spiro atoms. The maximum atomic E-state index is 10.9. The van der Waals surface area contributed by atoms with Crippen LogP contribution < -0.4 is 10.1 Å². The molecule has 0 bridgehead atoms. The molecule has 1 aromatic heterocycles. The van der Waals surface area contributed by atoms with Crippen LogP contribution in [0.15, 0.2) is 23.6 Å². The summed E-state index contributed by atoms with van der Waals surface area (Å²) in [5.74, 6) is 0.338. The van der Waals surface area contributed by atoms with E-state index >= 15 is 0 Å². The molecule has 1 aromatic carbocycles. The SMILES string of the molecule is CNCCc1csc2ccc(OC(C)=O)cc12. The summed E-state index contributed by atoms with van der Waals surface area (Å²) in [6.07, 6.45) is 0.986. The highest BCUT2D eigenvalue weighted by Crippen LogP contribution is 2.29. The number of esters is 1. The fraction of sp³-hybridized carbons (Fsp3) is 0.308. The Morgan fingerprint density at radius 2 is 2.29 bits per heavy atom. The van der Waals surface area contributed by atoms with Crippen LogP contribution in [-0.2, 0) is 11.2 Å². The first-order chi connectivity index (χ1) is 8.20. The van der Waals surface area contributed by atoms with Crippen LogP contribution in [0.5, 0.6) is 5.75 Å². The largest absolute Gasteiger partial charge is 0.427 e. The maximum Gasteiger partial charge on any atom is 0.308 e. The van der Waals surface area contributed by atoms with Gasteiger partial charge in [-0.05, 0) is 54.5 Å². The minimum Gasteiger partial charge on any atom is -0.427 e. The van der Waals surface area contributed by atoms with E-state index in [0.29, 0.717) is 5.75 Å². The van der Waals surface area contributed by atoms with E-state index in [-0.39, 0.29) is 5.97 Å². The van der Waals surface area contributed by atoms with Crippen molar-refractivity contribution in [3.63, 3.8) is 0 Å². The number of carbonyl (C=O) groups is 1. The molecule has 0 aliphatic rings. The van der Waals surface area contributed by atoms with Gasteiger partial charge in [0.2, 0.25) is 0 Å². The summed E-state index contributed by atoms with van der Waals surface area (Å²) >= 11 is 1.72. The lowest BCUT2D eigenvalue weighted by molar-refractivity contribution is -0.131. The van der Waals surface area contributed by atoms with Gasteiger partial charge in [-0.3, -0.25) is 4.79 Å². The fourth-order valence-corrected chi connectivity index (χ4v) is 2.72. The monoisotopic (exact) mass is 249 g/mol. The first-order valence-corrected chi connectivity index (χ1v) is 6.42. The first kappa shape index (κ1) is 12.1. The molecule has 0 atom stereocenters. The molecule has 0 unspecified atom stereocenters. The first-order valence-electron chi connectivity index (χ1n) is 5.54. The van der Waals surface area contributed by atoms with E-state index in [1.54, 1.807) is 11.3 Å². The molecule has 0 amide bonds. The van der Waals surface area contributed by atoms with Crippen molar-refractivity contribution < 1.29 is 9.53 Å². The highest BCUT2D eigenvalue weighted by molar-refractivity contribution is 7.17. The topological polar surface area (TPSA) is 38.3 Å². The maximum absolute atomic E-state index is 10.9. The lowest BCUT2D eigenvalue weighted by Crippen LogP contribution is -2.09. The van der Waals surface area contributed by atoms with Gasteiger partial charge in [0.25, 0.3) is 0 Å². The average Bonchev–Trinajstić information content (AvgIpc) is 2.68. The minimum absolute atomic E-state index is 0.281. The fourth-order valence-electron chi connectivity index (χ4n) is 1.74. The van der Waals surface area contributed by atoms with E-state index in [9.17, 15) is 4.79 Å². The zero-order valence-corrected chi connectivity index (χ0v) is 10.8. The molecule has 1 N–H and O–H groups in total. The summed E-state index contributed by atoms with van der Waals surface area (Å²) in [5, 5.41) is 6.49. The number of benzene rings is 1. The zero-order chi connectivity index (χ0) is 12.3. The summed E-state index contributed by atoms with van der Waals surface area (Å²) in [6, 6.07) is 5.78. The number of ether oxygens (including phenoxy) is 1. The molecule has 1 heterocycles. The Bertz CT molecular complexity index is 533. The van der Waals surface area contributed by atoms with Crippen LogP contribution in [0.1, 0.15) is 12.5 Å². The predicted octanol–water partition coefficient (Wildman–Crippen LogP) is 2.59. The lowest BCUT2D eigenvalue weighted by Gasteiger charge is -2.03. The van der Waals surface area contributed by atoms with E-state index in [0.717, 1.165) is 13.0 Å². The van der Waals surface area contributed by atoms with Crippen LogP contribution in [0, 0.1) is 0 Å². The Morgan fingerprint density at radius 3 is 3.00 bits per heavy atom. The summed E-state index contributed by atoms with van der Waals surface area (Å²) < 4.78 is 6.33. The smallest absolute Gasteiger partial charge is 0.308 e. The number of thiophene rings is 1. The van der Waals surface area contributed by atoms with Crippen LogP contribution in [0.25, 0.3) is 10.1 Å². The van der Waals surface area contributed by atoms with Crippen LogP contribution >= 0.6 is 11.3 Å². The number of rotatable bonds is 4. The minimum atomic E-state index is -0.281. The molecule has 3 nitrogen and oxygen atoms in total. The standard InChI is InChI=1S/C13H15NO2S/c1-9(15)16-11-3-4-13-12(7-11)10(8-17-13)5-6-14-2/h3-4,7-8,14H,5-6H2,1-2H3. The molecular formula is C13H15NO2S. The predicted molar refractivity (Wildman–Crippen MR) is 70.8 cm³/mol. The highest BCUT2D eigenvalue weighted by Gasteiger charge is 2.06. The molecular weight excluding hydrogens is 234 g/mol. The highest BCUT2D eigenvalue weighted by atomic mass is 32.1. The average molecular weight is 249 g/mol. The molecule has 4 heteroatoms. The molecule has 0 fully saturated rings. The summed E-state index contributed by atoms with van der Waals surface area (Å²) in [6.45, 7) is 2.36. The number of hydrogen-bond acceptors (Lipinski definition) is 4. The van der Waals surface area contributed by atoms with Gasteiger partial charge in [0, 0.05) is 11.6 Å². The van der Waals surface area contributed by atoms with Crippen molar-refractivity contribution in [3.8, 4) is 5.75 Å². The molecule has 0 radical (unpaired) electrons. The van der Waals surface area contributed by atoms with Crippen molar-refractivity contribution in [2.75, 3.05) is 13.6 Å². The molecule has 0 aliphatic carbocycles. The molecule has 90 valence electrons. The molecule has 2 aromatic rings. The Balaban J connectivity index is 2.32. The van der Waals surface area contributed by atoms with E-state index in [1.165, 1.54) is 22.6 Å². The summed E-state index contributed by atoms with van der Waals surface area (Å²) in [5.41, 5.74) is 1.30. The lowest BCUT2D eigenvalue weighted by atomic mass is 10.1. The second-order valence-corrected chi connectivity index (χ2v) is 4.78. The van der Waals surface area contributed by atoms with Gasteiger partial charge in [0.05, 0.1) is 0 Å². The molecule has 0 saturated carbocycles. The number of hydrogen-bond donors (Lipinski definition) is 1. The van der Waals surface area contributed by atoms with Crippen molar-refractivity contribution in [1.29, 1.82) is 0 Å². The van der Waals surface area contributed by atoms with E-state index in [2.05, 4.69) is 10.7 Å². The number of likely N-dealkylation sites (N-methyl/N-ethyl adjacent to an activating group) is 1. The number of nitrogens with one attached hydrogen (secondary N) is 1. The van der Waals surface area contributed by atoms with Gasteiger partial charge in [-0.15, -0.1) is 11.3 Å². The van der Waals surface area contributed by atoms with Crippen molar-refractivity contribution in [2.24, 2.45) is 0 Å². The van der Waals surface area contributed by atoms with Gasteiger partial charge >= 0.3 is 5.97 Å². The summed E-state index contributed by atoms with van der Waals surface area (Å²) in [4.78, 5) is 10.9. The third-order valence-electron chi connectivity index (χ3n) is 2.53. The van der Waals surface area contributed by atoms with Gasteiger partial charge in [-0.1, -0.05) is 0 Å². The third-order valence-corrected chi connectivity index (χ3v) is 3.54. The molecule has 17 heavy (non-hydrogen) atoms. The quantitative estimate of drug-likeness (QED) is 0.668. The van der Waals surface area contributed by atoms with Crippen LogP contribution in [0.3, 0.4) is 0 Å². The van der Waals surface area contributed by atoms with Crippen LogP contribution in [-0.4, -0.2) is 19.6 Å². The van der Waals surface area contributed by atoms with Crippen molar-refractivity contribution in [3.05, 3.63) is 29.1 Å². The van der Waals surface area contributed by atoms with Gasteiger partial charge in [-0.25, -0.2) is 0 Å². The normalized spacial score (nSPS) is 10.7. The Labute approximate surface area is 104 Å². The number of carbonyl (C=O) groups excluding carboxylic acids is 1. The second kappa shape index (κ2) is 5.29.